The first kappa shape index (κ1) is 13.9. The van der Waals surface area contributed by atoms with Crippen LogP contribution in [0.2, 0.25) is 0 Å². The highest BCUT2D eigenvalue weighted by atomic mass is 16.2. The molecular formula is C14H21N5O2. The fourth-order valence-electron chi connectivity index (χ4n) is 3.06. The lowest BCUT2D eigenvalue weighted by molar-refractivity contribution is -0.132. The summed E-state index contributed by atoms with van der Waals surface area (Å²) in [6.45, 7) is 3.01. The van der Waals surface area contributed by atoms with Gasteiger partial charge in [0.1, 0.15) is 6.54 Å². The van der Waals surface area contributed by atoms with Crippen molar-refractivity contribution in [3.05, 3.63) is 18.0 Å². The summed E-state index contributed by atoms with van der Waals surface area (Å²) in [5.41, 5.74) is 1.09. The lowest BCUT2D eigenvalue weighted by Gasteiger charge is -2.33. The Morgan fingerprint density at radius 2 is 2.29 bits per heavy atom. The number of aromatic nitrogens is 2. The van der Waals surface area contributed by atoms with Crippen LogP contribution in [0, 0.1) is 0 Å². The van der Waals surface area contributed by atoms with Gasteiger partial charge in [0.05, 0.1) is 0 Å². The van der Waals surface area contributed by atoms with Gasteiger partial charge in [-0.3, -0.25) is 9.89 Å². The Balaban J connectivity index is 1.58. The number of likely N-dealkylation sites (tertiary alicyclic amines) is 1. The summed E-state index contributed by atoms with van der Waals surface area (Å²) in [5, 5.41) is 6.98. The van der Waals surface area contributed by atoms with Gasteiger partial charge < -0.3 is 14.7 Å². The lowest BCUT2D eigenvalue weighted by Crippen LogP contribution is -2.45. The molecule has 1 aromatic heterocycles. The van der Waals surface area contributed by atoms with Gasteiger partial charge in [0.25, 0.3) is 0 Å². The molecule has 1 atom stereocenters. The third-order valence-electron chi connectivity index (χ3n) is 4.36. The summed E-state index contributed by atoms with van der Waals surface area (Å²) < 4.78 is 0. The van der Waals surface area contributed by atoms with Crippen LogP contribution in [0.15, 0.2) is 12.3 Å². The van der Waals surface area contributed by atoms with Crippen LogP contribution in [0.4, 0.5) is 4.79 Å². The number of urea groups is 1. The van der Waals surface area contributed by atoms with Gasteiger partial charge in [-0.2, -0.15) is 5.10 Å². The first-order chi connectivity index (χ1) is 10.1. The predicted octanol–water partition coefficient (Wildman–Crippen LogP) is 0.483. The molecule has 21 heavy (non-hydrogen) atoms. The number of nitrogens with one attached hydrogen (secondary N) is 1. The van der Waals surface area contributed by atoms with Crippen LogP contribution in [-0.4, -0.2) is 76.6 Å². The molecule has 7 nitrogen and oxygen atoms in total. The molecule has 0 saturated carbocycles. The maximum absolute atomic E-state index is 12.4. The largest absolute Gasteiger partial charge is 0.340 e. The first-order valence-corrected chi connectivity index (χ1v) is 7.42. The van der Waals surface area contributed by atoms with Gasteiger partial charge >= 0.3 is 6.03 Å². The van der Waals surface area contributed by atoms with E-state index in [4.69, 9.17) is 0 Å². The van der Waals surface area contributed by atoms with E-state index in [-0.39, 0.29) is 18.5 Å². The van der Waals surface area contributed by atoms with E-state index in [9.17, 15) is 9.59 Å². The van der Waals surface area contributed by atoms with Crippen molar-refractivity contribution in [2.24, 2.45) is 0 Å². The van der Waals surface area contributed by atoms with Gasteiger partial charge in [-0.1, -0.05) is 0 Å². The number of amides is 3. The fourth-order valence-corrected chi connectivity index (χ4v) is 3.06. The minimum absolute atomic E-state index is 0.0443. The Morgan fingerprint density at radius 1 is 1.43 bits per heavy atom. The minimum Gasteiger partial charge on any atom is -0.340 e. The van der Waals surface area contributed by atoms with Crippen molar-refractivity contribution in [2.75, 3.05) is 39.8 Å². The van der Waals surface area contributed by atoms with Crippen molar-refractivity contribution < 1.29 is 9.59 Å². The molecular weight excluding hydrogens is 270 g/mol. The average molecular weight is 291 g/mol. The Kier molecular flexibility index (Phi) is 3.81. The molecule has 7 heteroatoms. The van der Waals surface area contributed by atoms with Crippen LogP contribution < -0.4 is 0 Å². The van der Waals surface area contributed by atoms with Crippen LogP contribution >= 0.6 is 0 Å². The van der Waals surface area contributed by atoms with E-state index in [0.29, 0.717) is 25.6 Å². The zero-order valence-corrected chi connectivity index (χ0v) is 12.3. The lowest BCUT2D eigenvalue weighted by atomic mass is 9.95. The van der Waals surface area contributed by atoms with Crippen LogP contribution in [-0.2, 0) is 4.79 Å². The quantitative estimate of drug-likeness (QED) is 0.880. The molecule has 0 spiro atoms. The Labute approximate surface area is 123 Å². The van der Waals surface area contributed by atoms with Gasteiger partial charge in [-0.25, -0.2) is 4.79 Å². The predicted molar refractivity (Wildman–Crippen MR) is 76.7 cm³/mol. The van der Waals surface area contributed by atoms with Crippen LogP contribution in [0.3, 0.4) is 0 Å². The third-order valence-corrected chi connectivity index (χ3v) is 4.36. The molecule has 2 aliphatic heterocycles. The fraction of sp³-hybridized carbons (Fsp3) is 0.643. The molecule has 2 saturated heterocycles. The highest BCUT2D eigenvalue weighted by molar-refractivity contribution is 5.85. The maximum atomic E-state index is 12.4. The molecule has 0 radical (unpaired) electrons. The van der Waals surface area contributed by atoms with Crippen LogP contribution in [0.1, 0.15) is 24.5 Å². The number of aromatic amines is 1. The number of rotatable bonds is 3. The molecule has 0 bridgehead atoms. The van der Waals surface area contributed by atoms with Gasteiger partial charge in [0, 0.05) is 51.0 Å². The van der Waals surface area contributed by atoms with E-state index in [1.54, 1.807) is 23.0 Å². The number of nitrogens with zero attached hydrogens (tertiary/aromatic N) is 4. The van der Waals surface area contributed by atoms with Gasteiger partial charge in [0.2, 0.25) is 5.91 Å². The number of carbonyl (C=O) groups is 2. The molecule has 1 aromatic rings. The van der Waals surface area contributed by atoms with Crippen molar-refractivity contribution in [1.82, 2.24) is 24.9 Å². The number of carbonyl (C=O) groups excluding carboxylic acids is 2. The summed E-state index contributed by atoms with van der Waals surface area (Å²) in [6, 6.07) is 1.92. The molecule has 2 fully saturated rings. The van der Waals surface area contributed by atoms with Crippen molar-refractivity contribution in [3.8, 4) is 0 Å². The summed E-state index contributed by atoms with van der Waals surface area (Å²) in [5.74, 6) is 0.366. The van der Waals surface area contributed by atoms with Crippen LogP contribution in [0.25, 0.3) is 0 Å². The number of hydrogen-bond donors (Lipinski definition) is 1. The standard InChI is InChI=1S/C14H21N5O2/c1-17-7-8-19(14(17)21)10-13(20)18-6-2-3-11(9-18)12-4-5-15-16-12/h4-5,11H,2-3,6-10H2,1H3,(H,15,16). The Bertz CT molecular complexity index is 515. The summed E-state index contributed by atoms with van der Waals surface area (Å²) >= 11 is 0. The molecule has 3 amide bonds. The third kappa shape index (κ3) is 2.86. The second-order valence-corrected chi connectivity index (χ2v) is 5.82. The monoisotopic (exact) mass is 291 g/mol. The van der Waals surface area contributed by atoms with Gasteiger partial charge in [-0.15, -0.1) is 0 Å². The smallest absolute Gasteiger partial charge is 0.320 e. The van der Waals surface area contributed by atoms with Crippen molar-refractivity contribution in [3.63, 3.8) is 0 Å². The SMILES string of the molecule is CN1CCN(CC(=O)N2CCCC(c3ccn[nH]3)C2)C1=O. The second kappa shape index (κ2) is 5.75. The zero-order chi connectivity index (χ0) is 14.8. The van der Waals surface area contributed by atoms with Gasteiger partial charge in [-0.05, 0) is 18.9 Å². The summed E-state index contributed by atoms with van der Waals surface area (Å²) in [7, 11) is 1.77. The van der Waals surface area contributed by atoms with Crippen molar-refractivity contribution in [1.29, 1.82) is 0 Å². The van der Waals surface area contributed by atoms with E-state index in [2.05, 4.69) is 10.2 Å². The summed E-state index contributed by atoms with van der Waals surface area (Å²) in [4.78, 5) is 29.4. The zero-order valence-electron chi connectivity index (χ0n) is 12.3. The second-order valence-electron chi connectivity index (χ2n) is 5.82. The number of piperidine rings is 1. The van der Waals surface area contributed by atoms with E-state index >= 15 is 0 Å². The van der Waals surface area contributed by atoms with Crippen LogP contribution in [0.5, 0.6) is 0 Å². The highest BCUT2D eigenvalue weighted by Crippen LogP contribution is 2.25. The van der Waals surface area contributed by atoms with E-state index in [1.807, 2.05) is 11.0 Å². The average Bonchev–Trinajstić information content (AvgIpc) is 3.13. The van der Waals surface area contributed by atoms with Crippen molar-refractivity contribution in [2.45, 2.75) is 18.8 Å². The molecule has 2 aliphatic rings. The molecule has 3 heterocycles. The Hall–Kier alpha value is -2.05. The van der Waals surface area contributed by atoms with Crippen molar-refractivity contribution >= 4 is 11.9 Å². The number of hydrogen-bond acceptors (Lipinski definition) is 3. The molecule has 1 unspecified atom stereocenters. The molecule has 114 valence electrons. The molecule has 0 aromatic carbocycles. The molecule has 3 rings (SSSR count). The first-order valence-electron chi connectivity index (χ1n) is 7.42. The minimum atomic E-state index is -0.0505. The highest BCUT2D eigenvalue weighted by Gasteiger charge is 2.31. The van der Waals surface area contributed by atoms with Gasteiger partial charge in [0.15, 0.2) is 0 Å². The maximum Gasteiger partial charge on any atom is 0.320 e. The summed E-state index contributed by atoms with van der Waals surface area (Å²) in [6.07, 6.45) is 3.80. The molecule has 0 aliphatic carbocycles. The Morgan fingerprint density at radius 3 is 2.95 bits per heavy atom. The topological polar surface area (TPSA) is 72.5 Å². The number of H-pyrrole nitrogens is 1. The van der Waals surface area contributed by atoms with E-state index in [1.165, 1.54) is 0 Å². The number of likely N-dealkylation sites (N-methyl/N-ethyl adjacent to an activating group) is 1. The molecule has 1 N–H and O–H groups in total. The normalized spacial score (nSPS) is 23.0. The van der Waals surface area contributed by atoms with E-state index < -0.39 is 0 Å². The van der Waals surface area contributed by atoms with E-state index in [0.717, 1.165) is 25.1 Å².